The normalized spacial score (nSPS) is 22.5. The maximum absolute atomic E-state index is 12.7. The fourth-order valence-corrected chi connectivity index (χ4v) is 3.81. The zero-order valence-corrected chi connectivity index (χ0v) is 16.0. The van der Waals surface area contributed by atoms with Crippen LogP contribution in [0, 0.1) is 0 Å². The molecule has 0 radical (unpaired) electrons. The van der Waals surface area contributed by atoms with E-state index in [4.69, 9.17) is 9.47 Å². The Morgan fingerprint density at radius 3 is 2.62 bits per heavy atom. The Hall–Kier alpha value is -2.30. The molecule has 26 heavy (non-hydrogen) atoms. The first-order valence-corrected chi connectivity index (χ1v) is 9.19. The molecular formula is C21H27NO4. The van der Waals surface area contributed by atoms with Crippen LogP contribution < -0.4 is 0 Å². The van der Waals surface area contributed by atoms with Gasteiger partial charge >= 0.3 is 12.1 Å². The minimum absolute atomic E-state index is 0.0501. The number of methoxy groups -OCH3 is 1. The van der Waals surface area contributed by atoms with Gasteiger partial charge in [0.2, 0.25) is 0 Å². The van der Waals surface area contributed by atoms with E-state index in [1.165, 1.54) is 12.7 Å². The molecule has 1 fully saturated rings. The van der Waals surface area contributed by atoms with E-state index in [2.05, 4.69) is 6.08 Å². The zero-order chi connectivity index (χ0) is 18.9. The molecular weight excluding hydrogens is 330 g/mol. The van der Waals surface area contributed by atoms with Crippen molar-refractivity contribution in [3.8, 4) is 0 Å². The van der Waals surface area contributed by atoms with Gasteiger partial charge in [-0.05, 0) is 69.7 Å². The van der Waals surface area contributed by atoms with E-state index in [1.807, 2.05) is 43.9 Å². The molecule has 2 atom stereocenters. The van der Waals surface area contributed by atoms with E-state index in [9.17, 15) is 9.59 Å². The highest BCUT2D eigenvalue weighted by Gasteiger charge is 2.39. The van der Waals surface area contributed by atoms with E-state index < -0.39 is 5.60 Å². The van der Waals surface area contributed by atoms with E-state index in [-0.39, 0.29) is 24.1 Å². The fourth-order valence-electron chi connectivity index (χ4n) is 3.81. The van der Waals surface area contributed by atoms with Crippen LogP contribution in [-0.2, 0) is 9.47 Å². The van der Waals surface area contributed by atoms with Crippen molar-refractivity contribution >= 4 is 17.6 Å². The Labute approximate surface area is 155 Å². The number of nitrogens with zero attached hydrogens (tertiary/aromatic N) is 1. The molecule has 1 aromatic rings. The van der Waals surface area contributed by atoms with Crippen LogP contribution in [-0.4, -0.2) is 41.8 Å². The Bertz CT molecular complexity index is 732. The summed E-state index contributed by atoms with van der Waals surface area (Å²) in [6.45, 7) is 5.68. The average Bonchev–Trinajstić information content (AvgIpc) is 2.58. The van der Waals surface area contributed by atoms with Crippen molar-refractivity contribution in [3.63, 3.8) is 0 Å². The third-order valence-corrected chi connectivity index (χ3v) is 4.90. The van der Waals surface area contributed by atoms with Crippen molar-refractivity contribution in [1.29, 1.82) is 0 Å². The molecule has 1 amide bonds. The molecule has 1 saturated heterocycles. The lowest BCUT2D eigenvalue weighted by Gasteiger charge is -2.45. The SMILES string of the molecule is COC(=O)c1cccc(C2=CC3CCCC(C2)N3C(=O)OC(C)(C)C)c1. The summed E-state index contributed by atoms with van der Waals surface area (Å²) in [4.78, 5) is 26.4. The van der Waals surface area contributed by atoms with Crippen molar-refractivity contribution in [2.24, 2.45) is 0 Å². The van der Waals surface area contributed by atoms with E-state index in [0.717, 1.165) is 31.2 Å². The first-order valence-electron chi connectivity index (χ1n) is 9.19. The second kappa shape index (κ2) is 7.14. The van der Waals surface area contributed by atoms with Gasteiger partial charge in [0.1, 0.15) is 5.60 Å². The number of carbonyl (C=O) groups is 2. The highest BCUT2D eigenvalue weighted by Crippen LogP contribution is 2.38. The van der Waals surface area contributed by atoms with E-state index >= 15 is 0 Å². The number of hydrogen-bond acceptors (Lipinski definition) is 4. The fraction of sp³-hybridized carbons (Fsp3) is 0.524. The smallest absolute Gasteiger partial charge is 0.411 e. The number of piperidine rings is 1. The minimum atomic E-state index is -0.496. The van der Waals surface area contributed by atoms with Crippen LogP contribution in [0.15, 0.2) is 30.3 Å². The number of benzene rings is 1. The number of carbonyl (C=O) groups excluding carboxylic acids is 2. The molecule has 2 aliphatic heterocycles. The summed E-state index contributed by atoms with van der Waals surface area (Å²) in [6, 6.07) is 7.71. The van der Waals surface area contributed by atoms with Gasteiger partial charge in [0, 0.05) is 6.04 Å². The molecule has 0 spiro atoms. The standard InChI is InChI=1S/C21H27NO4/c1-21(2,3)26-20(24)22-17-9-6-10-18(22)13-16(12-17)14-7-5-8-15(11-14)19(23)25-4/h5,7-8,11-12,17-18H,6,9-10,13H2,1-4H3. The molecule has 5 nitrogen and oxygen atoms in total. The Kier molecular flexibility index (Phi) is 5.08. The van der Waals surface area contributed by atoms with Crippen molar-refractivity contribution in [1.82, 2.24) is 4.90 Å². The van der Waals surface area contributed by atoms with Gasteiger partial charge in [-0.1, -0.05) is 18.2 Å². The summed E-state index contributed by atoms with van der Waals surface area (Å²) in [6.07, 6.45) is 5.74. The van der Waals surface area contributed by atoms with Gasteiger partial charge in [-0.2, -0.15) is 0 Å². The van der Waals surface area contributed by atoms with Crippen LogP contribution in [0.1, 0.15) is 62.4 Å². The van der Waals surface area contributed by atoms with Crippen LogP contribution >= 0.6 is 0 Å². The summed E-state index contributed by atoms with van der Waals surface area (Å²) < 4.78 is 10.4. The summed E-state index contributed by atoms with van der Waals surface area (Å²) in [5, 5.41) is 0. The number of rotatable bonds is 2. The number of hydrogen-bond donors (Lipinski definition) is 0. The topological polar surface area (TPSA) is 55.8 Å². The van der Waals surface area contributed by atoms with E-state index in [0.29, 0.717) is 5.56 Å². The number of amides is 1. The minimum Gasteiger partial charge on any atom is -0.465 e. The lowest BCUT2D eigenvalue weighted by Crippen LogP contribution is -2.53. The van der Waals surface area contributed by atoms with Crippen molar-refractivity contribution in [3.05, 3.63) is 41.5 Å². The lowest BCUT2D eigenvalue weighted by molar-refractivity contribution is 0.0000743. The third kappa shape index (κ3) is 3.92. The number of ether oxygens (including phenoxy) is 2. The highest BCUT2D eigenvalue weighted by molar-refractivity contribution is 5.90. The second-order valence-electron chi connectivity index (χ2n) is 8.01. The molecule has 2 heterocycles. The third-order valence-electron chi connectivity index (χ3n) is 4.90. The molecule has 2 aliphatic rings. The van der Waals surface area contributed by atoms with Crippen molar-refractivity contribution < 1.29 is 19.1 Å². The van der Waals surface area contributed by atoms with Gasteiger partial charge < -0.3 is 9.47 Å². The van der Waals surface area contributed by atoms with Crippen molar-refractivity contribution in [2.45, 2.75) is 64.1 Å². The monoisotopic (exact) mass is 357 g/mol. The average molecular weight is 357 g/mol. The van der Waals surface area contributed by atoms with E-state index in [1.54, 1.807) is 6.07 Å². The van der Waals surface area contributed by atoms with Gasteiger partial charge in [0.25, 0.3) is 0 Å². The largest absolute Gasteiger partial charge is 0.465 e. The molecule has 2 bridgehead atoms. The molecule has 140 valence electrons. The second-order valence-corrected chi connectivity index (χ2v) is 8.01. The predicted molar refractivity (Wildman–Crippen MR) is 99.9 cm³/mol. The Balaban J connectivity index is 1.86. The quantitative estimate of drug-likeness (QED) is 0.735. The first kappa shape index (κ1) is 18.5. The first-order chi connectivity index (χ1) is 12.3. The molecule has 0 N–H and O–H groups in total. The maximum atomic E-state index is 12.7. The van der Waals surface area contributed by atoms with Crippen molar-refractivity contribution in [2.75, 3.05) is 7.11 Å². The van der Waals surface area contributed by atoms with Gasteiger partial charge in [-0.25, -0.2) is 9.59 Å². The van der Waals surface area contributed by atoms with Crippen LogP contribution in [0.5, 0.6) is 0 Å². The molecule has 0 aromatic heterocycles. The Morgan fingerprint density at radius 2 is 1.96 bits per heavy atom. The molecule has 1 aromatic carbocycles. The maximum Gasteiger partial charge on any atom is 0.411 e. The van der Waals surface area contributed by atoms with Gasteiger partial charge in [-0.15, -0.1) is 0 Å². The lowest BCUT2D eigenvalue weighted by atomic mass is 9.83. The number of fused-ring (bicyclic) bond motifs is 2. The Morgan fingerprint density at radius 1 is 1.19 bits per heavy atom. The summed E-state index contributed by atoms with van der Waals surface area (Å²) in [5.41, 5.74) is 2.26. The predicted octanol–water partition coefficient (Wildman–Crippen LogP) is 4.42. The summed E-state index contributed by atoms with van der Waals surface area (Å²) in [5.74, 6) is -0.334. The zero-order valence-electron chi connectivity index (χ0n) is 16.0. The van der Waals surface area contributed by atoms with Crippen LogP contribution in [0.3, 0.4) is 0 Å². The van der Waals surface area contributed by atoms with Gasteiger partial charge in [0.05, 0.1) is 18.7 Å². The molecule has 2 unspecified atom stereocenters. The molecule has 3 rings (SSSR count). The molecule has 0 saturated carbocycles. The van der Waals surface area contributed by atoms with Gasteiger partial charge in [0.15, 0.2) is 0 Å². The van der Waals surface area contributed by atoms with Crippen LogP contribution in [0.25, 0.3) is 5.57 Å². The van der Waals surface area contributed by atoms with Crippen LogP contribution in [0.4, 0.5) is 4.79 Å². The van der Waals surface area contributed by atoms with Gasteiger partial charge in [-0.3, -0.25) is 4.90 Å². The highest BCUT2D eigenvalue weighted by atomic mass is 16.6. The molecule has 5 heteroatoms. The van der Waals surface area contributed by atoms with Crippen LogP contribution in [0.2, 0.25) is 0 Å². The summed E-state index contributed by atoms with van der Waals surface area (Å²) in [7, 11) is 1.39. The molecule has 0 aliphatic carbocycles. The number of esters is 1. The summed E-state index contributed by atoms with van der Waals surface area (Å²) >= 11 is 0.